The largest absolute Gasteiger partial charge is 0.481 e. The zero-order chi connectivity index (χ0) is 18.9. The second-order valence-electron chi connectivity index (χ2n) is 5.64. The highest BCUT2D eigenvalue weighted by Gasteiger charge is 2.34. The number of aliphatic carboxylic acids is 1. The molecule has 134 valence electrons. The van der Waals surface area contributed by atoms with Crippen molar-refractivity contribution < 1.29 is 23.2 Å². The van der Waals surface area contributed by atoms with Crippen LogP contribution in [0.2, 0.25) is 0 Å². The van der Waals surface area contributed by atoms with Gasteiger partial charge in [-0.2, -0.15) is 0 Å². The van der Waals surface area contributed by atoms with Crippen LogP contribution in [0.25, 0.3) is 6.08 Å². The van der Waals surface area contributed by atoms with Crippen molar-refractivity contribution >= 4 is 27.8 Å². The number of non-ortho nitro benzene ring substituents is 1. The first-order valence-electron chi connectivity index (χ1n) is 7.57. The Kier molecular flexibility index (Phi) is 4.47. The zero-order valence-electron chi connectivity index (χ0n) is 13.3. The lowest BCUT2D eigenvalue weighted by molar-refractivity contribution is -0.384. The summed E-state index contributed by atoms with van der Waals surface area (Å²) in [7, 11) is -4.08. The Hall–Kier alpha value is -3.20. The summed E-state index contributed by atoms with van der Waals surface area (Å²) in [5, 5.41) is 20.0. The highest BCUT2D eigenvalue weighted by atomic mass is 32.2. The molecule has 2 aromatic rings. The molecule has 0 radical (unpaired) electrons. The number of hydrogen-bond acceptors (Lipinski definition) is 5. The average molecular weight is 374 g/mol. The number of benzene rings is 2. The van der Waals surface area contributed by atoms with Crippen molar-refractivity contribution in [3.05, 3.63) is 76.0 Å². The smallest absolute Gasteiger partial charge is 0.305 e. The van der Waals surface area contributed by atoms with E-state index in [0.29, 0.717) is 5.56 Å². The molecule has 9 heteroatoms. The number of nitro benzene ring substituents is 1. The summed E-state index contributed by atoms with van der Waals surface area (Å²) in [5.74, 6) is -1.14. The minimum Gasteiger partial charge on any atom is -0.481 e. The van der Waals surface area contributed by atoms with Crippen molar-refractivity contribution in [2.24, 2.45) is 0 Å². The van der Waals surface area contributed by atoms with Gasteiger partial charge in [0.25, 0.3) is 15.7 Å². The van der Waals surface area contributed by atoms with Crippen LogP contribution in [0.15, 0.2) is 59.6 Å². The minimum absolute atomic E-state index is 0.150. The maximum atomic E-state index is 13.0. The predicted molar refractivity (Wildman–Crippen MR) is 92.6 cm³/mol. The molecule has 0 bridgehead atoms. The molecule has 1 atom stereocenters. The highest BCUT2D eigenvalue weighted by molar-refractivity contribution is 7.89. The number of hydrogen-bond donors (Lipinski definition) is 1. The average Bonchev–Trinajstić information content (AvgIpc) is 2.61. The molecule has 26 heavy (non-hydrogen) atoms. The van der Waals surface area contributed by atoms with Crippen molar-refractivity contribution in [3.63, 3.8) is 0 Å². The van der Waals surface area contributed by atoms with E-state index in [1.165, 1.54) is 6.20 Å². The van der Waals surface area contributed by atoms with E-state index in [4.69, 9.17) is 0 Å². The molecule has 1 heterocycles. The molecule has 0 aliphatic carbocycles. The standard InChI is InChI=1S/C17H14N2O6S/c20-17(21)11-16-15-4-2-1-3-12(15)9-10-18(16)26(24,25)14-7-5-13(6-8-14)19(22)23/h1-10,16H,11H2,(H,20,21). The number of sulfonamides is 1. The summed E-state index contributed by atoms with van der Waals surface area (Å²) in [6.07, 6.45) is 2.51. The topological polar surface area (TPSA) is 118 Å². The van der Waals surface area contributed by atoms with Gasteiger partial charge in [0.15, 0.2) is 0 Å². The van der Waals surface area contributed by atoms with Gasteiger partial charge in [-0.15, -0.1) is 0 Å². The van der Waals surface area contributed by atoms with Gasteiger partial charge in [0.1, 0.15) is 0 Å². The van der Waals surface area contributed by atoms with E-state index < -0.39 is 33.4 Å². The van der Waals surface area contributed by atoms with Gasteiger partial charge in [0, 0.05) is 18.3 Å². The molecule has 1 unspecified atom stereocenters. The van der Waals surface area contributed by atoms with Gasteiger partial charge in [-0.05, 0) is 29.3 Å². The first kappa shape index (κ1) is 17.6. The third kappa shape index (κ3) is 3.16. The Balaban J connectivity index is 2.05. The third-order valence-corrected chi connectivity index (χ3v) is 5.85. The maximum absolute atomic E-state index is 13.0. The molecular formula is C17H14N2O6S. The van der Waals surface area contributed by atoms with E-state index in [0.717, 1.165) is 34.1 Å². The molecular weight excluding hydrogens is 360 g/mol. The molecule has 8 nitrogen and oxygen atoms in total. The van der Waals surface area contributed by atoms with E-state index >= 15 is 0 Å². The second-order valence-corrected chi connectivity index (χ2v) is 7.49. The van der Waals surface area contributed by atoms with Gasteiger partial charge in [0.2, 0.25) is 0 Å². The molecule has 2 aromatic carbocycles. The molecule has 0 amide bonds. The van der Waals surface area contributed by atoms with Gasteiger partial charge in [-0.3, -0.25) is 19.2 Å². The normalized spacial score (nSPS) is 16.2. The van der Waals surface area contributed by atoms with E-state index in [2.05, 4.69) is 0 Å². The summed E-state index contributed by atoms with van der Waals surface area (Å²) in [6.45, 7) is 0. The van der Waals surface area contributed by atoms with Gasteiger partial charge in [0.05, 0.1) is 22.3 Å². The van der Waals surface area contributed by atoms with Crippen molar-refractivity contribution in [1.29, 1.82) is 0 Å². The SMILES string of the molecule is O=C(O)CC1c2ccccc2C=CN1S(=O)(=O)c1ccc([N+](=O)[O-])cc1. The van der Waals surface area contributed by atoms with Gasteiger partial charge < -0.3 is 5.11 Å². The lowest BCUT2D eigenvalue weighted by Gasteiger charge is -2.33. The predicted octanol–water partition coefficient (Wildman–Crippen LogP) is 2.79. The van der Waals surface area contributed by atoms with Crippen LogP contribution < -0.4 is 0 Å². The molecule has 0 saturated carbocycles. The summed E-state index contributed by atoms with van der Waals surface area (Å²) >= 11 is 0. The number of rotatable bonds is 5. The van der Waals surface area contributed by atoms with Crippen LogP contribution in [-0.2, 0) is 14.8 Å². The maximum Gasteiger partial charge on any atom is 0.305 e. The Morgan fingerprint density at radius 3 is 2.42 bits per heavy atom. The van der Waals surface area contributed by atoms with Crippen LogP contribution in [0.1, 0.15) is 23.6 Å². The highest BCUT2D eigenvalue weighted by Crippen LogP contribution is 2.37. The molecule has 1 aliphatic rings. The van der Waals surface area contributed by atoms with Crippen LogP contribution >= 0.6 is 0 Å². The van der Waals surface area contributed by atoms with Crippen molar-refractivity contribution in [2.45, 2.75) is 17.4 Å². The van der Waals surface area contributed by atoms with Gasteiger partial charge >= 0.3 is 5.97 Å². The molecule has 1 N–H and O–H groups in total. The van der Waals surface area contributed by atoms with Crippen LogP contribution in [0.5, 0.6) is 0 Å². The fraction of sp³-hybridized carbons (Fsp3) is 0.118. The number of carboxylic acids is 1. The number of carboxylic acid groups (broad SMARTS) is 1. The molecule has 1 aliphatic heterocycles. The Morgan fingerprint density at radius 2 is 1.81 bits per heavy atom. The molecule has 0 fully saturated rings. The molecule has 3 rings (SSSR count). The quantitative estimate of drug-likeness (QED) is 0.635. The number of fused-ring (bicyclic) bond motifs is 1. The fourth-order valence-corrected chi connectivity index (χ4v) is 4.30. The summed E-state index contributed by atoms with van der Waals surface area (Å²) in [6, 6.07) is 10.5. The zero-order valence-corrected chi connectivity index (χ0v) is 14.2. The molecule has 0 spiro atoms. The Labute approximate surface area is 149 Å². The number of nitrogens with zero attached hydrogens (tertiary/aromatic N) is 2. The Morgan fingerprint density at radius 1 is 1.15 bits per heavy atom. The van der Waals surface area contributed by atoms with Gasteiger partial charge in [-0.1, -0.05) is 24.3 Å². The monoisotopic (exact) mass is 374 g/mol. The first-order valence-corrected chi connectivity index (χ1v) is 9.01. The number of nitro groups is 1. The lowest BCUT2D eigenvalue weighted by Crippen LogP contribution is -2.33. The van der Waals surface area contributed by atoms with Crippen molar-refractivity contribution in [3.8, 4) is 0 Å². The summed E-state index contributed by atoms with van der Waals surface area (Å²) < 4.78 is 27.0. The summed E-state index contributed by atoms with van der Waals surface area (Å²) in [5.41, 5.74) is 1.10. The second kappa shape index (κ2) is 6.60. The van der Waals surface area contributed by atoms with E-state index in [9.17, 15) is 28.4 Å². The summed E-state index contributed by atoms with van der Waals surface area (Å²) in [4.78, 5) is 21.3. The van der Waals surface area contributed by atoms with Crippen molar-refractivity contribution in [2.75, 3.05) is 0 Å². The van der Waals surface area contributed by atoms with Crippen LogP contribution in [0.4, 0.5) is 5.69 Å². The van der Waals surface area contributed by atoms with Crippen LogP contribution in [-0.4, -0.2) is 28.7 Å². The number of carbonyl (C=O) groups is 1. The lowest BCUT2D eigenvalue weighted by atomic mass is 9.96. The first-order chi connectivity index (χ1) is 12.3. The minimum atomic E-state index is -4.08. The van der Waals surface area contributed by atoms with Crippen LogP contribution in [0.3, 0.4) is 0 Å². The van der Waals surface area contributed by atoms with Gasteiger partial charge in [-0.25, -0.2) is 8.42 Å². The van der Waals surface area contributed by atoms with Crippen LogP contribution in [0, 0.1) is 10.1 Å². The van der Waals surface area contributed by atoms with E-state index in [1.54, 1.807) is 30.3 Å². The Bertz CT molecular complexity index is 998. The van der Waals surface area contributed by atoms with E-state index in [1.807, 2.05) is 0 Å². The molecule has 0 aromatic heterocycles. The van der Waals surface area contributed by atoms with Crippen molar-refractivity contribution in [1.82, 2.24) is 4.31 Å². The molecule has 0 saturated heterocycles. The third-order valence-electron chi connectivity index (χ3n) is 4.05. The van der Waals surface area contributed by atoms with E-state index in [-0.39, 0.29) is 10.6 Å². The fourth-order valence-electron chi connectivity index (χ4n) is 2.84.